The molecule has 0 saturated carbocycles. The summed E-state index contributed by atoms with van der Waals surface area (Å²) in [4.78, 5) is 26.5. The van der Waals surface area contributed by atoms with Crippen LogP contribution in [0.1, 0.15) is 0 Å². The topological polar surface area (TPSA) is 112 Å². The van der Waals surface area contributed by atoms with Crippen LogP contribution in [0.25, 0.3) is 22.4 Å². The van der Waals surface area contributed by atoms with Crippen LogP contribution in [0.15, 0.2) is 42.0 Å². The molecular weight excluding hydrogens is 342 g/mol. The first-order chi connectivity index (χ1) is 12.0. The van der Waals surface area contributed by atoms with Crippen LogP contribution < -0.4 is 11.1 Å². The van der Waals surface area contributed by atoms with Crippen LogP contribution in [0.4, 0.5) is 9.93 Å². The van der Waals surface area contributed by atoms with Gasteiger partial charge in [0.2, 0.25) is 0 Å². The van der Waals surface area contributed by atoms with E-state index >= 15 is 0 Å². The molecule has 0 aliphatic carbocycles. The molecule has 2 aromatic heterocycles. The number of nitrogens with two attached hydrogens (primary N) is 1. The third-order valence-corrected chi connectivity index (χ3v) is 4.05. The molecule has 0 bridgehead atoms. The summed E-state index contributed by atoms with van der Waals surface area (Å²) >= 11 is 1.28. The van der Waals surface area contributed by atoms with Crippen LogP contribution in [-0.2, 0) is 16.6 Å². The number of nitrogens with one attached hydrogen (secondary N) is 1. The highest BCUT2D eigenvalue weighted by atomic mass is 32.1. The minimum Gasteiger partial charge on any atom is -0.440 e. The number of aromatic nitrogens is 3. The van der Waals surface area contributed by atoms with Crippen molar-refractivity contribution in [3.05, 3.63) is 42.0 Å². The van der Waals surface area contributed by atoms with Gasteiger partial charge >= 0.3 is 6.09 Å². The monoisotopic (exact) mass is 357 g/mol. The maximum atomic E-state index is 11.6. The number of primary amides is 1. The van der Waals surface area contributed by atoms with Crippen molar-refractivity contribution in [1.82, 2.24) is 14.8 Å². The number of hydrogen-bond donors (Lipinski definition) is 2. The van der Waals surface area contributed by atoms with Gasteiger partial charge in [-0.1, -0.05) is 18.2 Å². The lowest BCUT2D eigenvalue weighted by Gasteiger charge is -2.02. The molecule has 2 amide bonds. The Balaban J connectivity index is 1.74. The minimum atomic E-state index is -0.998. The fraction of sp³-hybridized carbons (Fsp3) is 0.125. The molecule has 3 aromatic rings. The van der Waals surface area contributed by atoms with Gasteiger partial charge in [-0.15, -0.1) is 11.3 Å². The number of anilines is 1. The number of ether oxygens (including phenoxy) is 1. The zero-order valence-corrected chi connectivity index (χ0v) is 14.1. The van der Waals surface area contributed by atoms with Crippen molar-refractivity contribution in [2.24, 2.45) is 12.8 Å². The molecule has 0 aliphatic heterocycles. The van der Waals surface area contributed by atoms with Crippen LogP contribution >= 0.6 is 11.3 Å². The summed E-state index contributed by atoms with van der Waals surface area (Å²) in [6.07, 6.45) is 2.73. The van der Waals surface area contributed by atoms with E-state index in [1.165, 1.54) is 11.3 Å². The van der Waals surface area contributed by atoms with Gasteiger partial charge in [0.05, 0.1) is 11.9 Å². The van der Waals surface area contributed by atoms with Gasteiger partial charge in [-0.25, -0.2) is 9.78 Å². The Morgan fingerprint density at radius 3 is 2.84 bits per heavy atom. The molecule has 0 spiro atoms. The second-order valence-electron chi connectivity index (χ2n) is 5.18. The molecule has 0 fully saturated rings. The summed E-state index contributed by atoms with van der Waals surface area (Å²) < 4.78 is 6.17. The quantitative estimate of drug-likeness (QED) is 0.727. The fourth-order valence-electron chi connectivity index (χ4n) is 2.18. The Morgan fingerprint density at radius 1 is 1.32 bits per heavy atom. The van der Waals surface area contributed by atoms with E-state index in [0.29, 0.717) is 5.13 Å². The van der Waals surface area contributed by atoms with E-state index in [-0.39, 0.29) is 0 Å². The Labute approximate surface area is 147 Å². The van der Waals surface area contributed by atoms with E-state index in [4.69, 9.17) is 5.73 Å². The smallest absolute Gasteiger partial charge is 0.405 e. The normalized spacial score (nSPS) is 10.4. The van der Waals surface area contributed by atoms with Gasteiger partial charge in [-0.3, -0.25) is 14.8 Å². The Bertz CT molecular complexity index is 918. The highest BCUT2D eigenvalue weighted by Gasteiger charge is 2.10. The molecule has 128 valence electrons. The van der Waals surface area contributed by atoms with E-state index in [9.17, 15) is 9.59 Å². The molecule has 0 radical (unpaired) electrons. The second-order valence-corrected chi connectivity index (χ2v) is 6.04. The molecule has 0 atom stereocenters. The number of carbonyl (C=O) groups is 2. The number of nitrogens with zero attached hydrogens (tertiary/aromatic N) is 3. The predicted octanol–water partition coefficient (Wildman–Crippen LogP) is 2.24. The molecule has 0 saturated heterocycles. The minimum absolute atomic E-state index is 0.417. The SMILES string of the molecule is Cn1cc(-c2cccc(-c3csc(NC(=O)COC(N)=O)n3)c2)cn1. The van der Waals surface area contributed by atoms with Gasteiger partial charge in [-0.2, -0.15) is 5.10 Å². The van der Waals surface area contributed by atoms with E-state index in [2.05, 4.69) is 20.1 Å². The Hall–Kier alpha value is -3.20. The molecule has 1 aromatic carbocycles. The van der Waals surface area contributed by atoms with E-state index in [1.54, 1.807) is 10.9 Å². The van der Waals surface area contributed by atoms with Gasteiger partial charge < -0.3 is 10.5 Å². The van der Waals surface area contributed by atoms with E-state index in [0.717, 1.165) is 22.4 Å². The number of thiazole rings is 1. The average molecular weight is 357 g/mol. The van der Waals surface area contributed by atoms with Crippen LogP contribution in [0, 0.1) is 0 Å². The third-order valence-electron chi connectivity index (χ3n) is 3.29. The summed E-state index contributed by atoms with van der Waals surface area (Å²) in [7, 11) is 1.87. The van der Waals surface area contributed by atoms with Crippen molar-refractivity contribution in [2.75, 3.05) is 11.9 Å². The van der Waals surface area contributed by atoms with Crippen LogP contribution in [-0.4, -0.2) is 33.4 Å². The number of benzene rings is 1. The molecule has 8 nitrogen and oxygen atoms in total. The predicted molar refractivity (Wildman–Crippen MR) is 93.9 cm³/mol. The largest absolute Gasteiger partial charge is 0.440 e. The van der Waals surface area contributed by atoms with Gasteiger partial charge in [0, 0.05) is 29.8 Å². The van der Waals surface area contributed by atoms with Crippen molar-refractivity contribution in [3.63, 3.8) is 0 Å². The highest BCUT2D eigenvalue weighted by Crippen LogP contribution is 2.28. The van der Waals surface area contributed by atoms with E-state index in [1.807, 2.05) is 42.9 Å². The second kappa shape index (κ2) is 7.14. The van der Waals surface area contributed by atoms with Crippen LogP contribution in [0.2, 0.25) is 0 Å². The van der Waals surface area contributed by atoms with Gasteiger partial charge in [0.1, 0.15) is 0 Å². The lowest BCUT2D eigenvalue weighted by molar-refractivity contribution is -0.118. The van der Waals surface area contributed by atoms with Gasteiger partial charge in [-0.05, 0) is 11.6 Å². The summed E-state index contributed by atoms with van der Waals surface area (Å²) in [5, 5.41) is 8.99. The molecule has 0 unspecified atom stereocenters. The molecule has 3 N–H and O–H groups in total. The van der Waals surface area contributed by atoms with Gasteiger partial charge in [0.15, 0.2) is 11.7 Å². The number of carbonyl (C=O) groups excluding carboxylic acids is 2. The molecular formula is C16H15N5O3S. The number of aryl methyl sites for hydroxylation is 1. The standard InChI is InChI=1S/C16H15N5O3S/c1-21-7-12(6-18-21)10-3-2-4-11(5-10)13-9-25-16(19-13)20-14(22)8-24-15(17)23/h2-7,9H,8H2,1H3,(H2,17,23)(H,19,20,22). The van der Waals surface area contributed by atoms with Crippen molar-refractivity contribution in [3.8, 4) is 22.4 Å². The third kappa shape index (κ3) is 4.21. The number of hydrogen-bond acceptors (Lipinski definition) is 6. The summed E-state index contributed by atoms with van der Waals surface area (Å²) in [6, 6.07) is 7.89. The van der Waals surface area contributed by atoms with Crippen molar-refractivity contribution < 1.29 is 14.3 Å². The first kappa shape index (κ1) is 16.7. The zero-order valence-electron chi connectivity index (χ0n) is 13.3. The van der Waals surface area contributed by atoms with Gasteiger partial charge in [0.25, 0.3) is 5.91 Å². The Morgan fingerprint density at radius 2 is 2.12 bits per heavy atom. The maximum Gasteiger partial charge on any atom is 0.405 e. The molecule has 3 rings (SSSR count). The van der Waals surface area contributed by atoms with Crippen molar-refractivity contribution in [1.29, 1.82) is 0 Å². The van der Waals surface area contributed by atoms with Crippen LogP contribution in [0.3, 0.4) is 0 Å². The summed E-state index contributed by atoms with van der Waals surface area (Å²) in [5.74, 6) is -0.496. The lowest BCUT2D eigenvalue weighted by Crippen LogP contribution is -2.23. The highest BCUT2D eigenvalue weighted by molar-refractivity contribution is 7.14. The van der Waals surface area contributed by atoms with Crippen LogP contribution in [0.5, 0.6) is 0 Å². The van der Waals surface area contributed by atoms with Crippen molar-refractivity contribution in [2.45, 2.75) is 0 Å². The number of rotatable bonds is 5. The molecule has 9 heteroatoms. The lowest BCUT2D eigenvalue weighted by atomic mass is 10.1. The molecule has 2 heterocycles. The molecule has 0 aliphatic rings. The summed E-state index contributed by atoms with van der Waals surface area (Å²) in [5.41, 5.74) is 8.52. The molecule has 25 heavy (non-hydrogen) atoms. The maximum absolute atomic E-state index is 11.6. The summed E-state index contributed by atoms with van der Waals surface area (Å²) in [6.45, 7) is -0.444. The first-order valence-corrected chi connectivity index (χ1v) is 8.16. The number of amides is 2. The first-order valence-electron chi connectivity index (χ1n) is 7.28. The van der Waals surface area contributed by atoms with E-state index < -0.39 is 18.6 Å². The zero-order chi connectivity index (χ0) is 17.8. The van der Waals surface area contributed by atoms with Crippen molar-refractivity contribution >= 4 is 28.5 Å². The Kier molecular flexibility index (Phi) is 4.75. The average Bonchev–Trinajstić information content (AvgIpc) is 3.22. The fourth-order valence-corrected chi connectivity index (χ4v) is 2.92.